The summed E-state index contributed by atoms with van der Waals surface area (Å²) in [5.41, 5.74) is 0.643. The van der Waals surface area contributed by atoms with Crippen LogP contribution in [0.2, 0.25) is 0 Å². The van der Waals surface area contributed by atoms with Gasteiger partial charge in [0.25, 0.3) is 0 Å². The molecule has 0 atom stereocenters. The van der Waals surface area contributed by atoms with Crippen LogP contribution in [0.1, 0.15) is 5.69 Å². The number of aryl methyl sites for hydroxylation is 1. The van der Waals surface area contributed by atoms with E-state index in [1.807, 2.05) is 0 Å². The molecule has 6 nitrogen and oxygen atoms in total. The van der Waals surface area contributed by atoms with Crippen LogP contribution in [0.4, 0.5) is 0 Å². The third-order valence-corrected chi connectivity index (χ3v) is 1.73. The summed E-state index contributed by atoms with van der Waals surface area (Å²) in [4.78, 5) is 3.77. The van der Waals surface area contributed by atoms with E-state index in [4.69, 9.17) is 0 Å². The molecule has 0 saturated heterocycles. The highest BCUT2D eigenvalue weighted by Crippen LogP contribution is 1.99. The van der Waals surface area contributed by atoms with E-state index >= 15 is 0 Å². The summed E-state index contributed by atoms with van der Waals surface area (Å²) >= 11 is 0. The number of imidazole rings is 1. The Morgan fingerprint density at radius 3 is 2.83 bits per heavy atom. The molecule has 68 valence electrons. The van der Waals surface area contributed by atoms with Crippen LogP contribution in [-0.2, 0) is 28.1 Å². The van der Waals surface area contributed by atoms with Gasteiger partial charge in [0, 0.05) is 7.05 Å². The van der Waals surface area contributed by atoms with E-state index in [2.05, 4.69) is 14.3 Å². The Balaban J connectivity index is 2.61. The molecule has 0 aromatic carbocycles. The Morgan fingerprint density at radius 2 is 2.42 bits per heavy atom. The maximum absolute atomic E-state index is 10.4. The van der Waals surface area contributed by atoms with Crippen LogP contribution in [0.5, 0.6) is 0 Å². The second kappa shape index (κ2) is 3.21. The maximum Gasteiger partial charge on any atom is 0.333 e. The highest BCUT2D eigenvalue weighted by Gasteiger charge is 2.04. The minimum atomic E-state index is -3.86. The van der Waals surface area contributed by atoms with E-state index < -0.39 is 10.3 Å². The third-order valence-electron chi connectivity index (χ3n) is 1.29. The average Bonchev–Trinajstić information content (AvgIpc) is 2.29. The van der Waals surface area contributed by atoms with Crippen LogP contribution >= 0.6 is 0 Å². The van der Waals surface area contributed by atoms with Crippen LogP contribution in [0.25, 0.3) is 0 Å². The van der Waals surface area contributed by atoms with Crippen molar-refractivity contribution in [1.82, 2.24) is 9.55 Å². The molecule has 12 heavy (non-hydrogen) atoms. The molecule has 1 heterocycles. The van der Waals surface area contributed by atoms with Crippen molar-refractivity contribution in [1.29, 1.82) is 0 Å². The van der Waals surface area contributed by atoms with Crippen molar-refractivity contribution in [2.24, 2.45) is 12.2 Å². The second-order valence-electron chi connectivity index (χ2n) is 2.25. The number of rotatable bonds is 3. The molecule has 1 aromatic rings. The van der Waals surface area contributed by atoms with Gasteiger partial charge in [-0.2, -0.15) is 8.42 Å². The number of hydrogen-bond acceptors (Lipinski definition) is 4. The molecule has 0 unspecified atom stereocenters. The van der Waals surface area contributed by atoms with E-state index in [1.54, 1.807) is 17.9 Å². The first-order chi connectivity index (χ1) is 5.49. The highest BCUT2D eigenvalue weighted by atomic mass is 32.2. The van der Waals surface area contributed by atoms with Crippen LogP contribution in [-0.4, -0.2) is 18.0 Å². The summed E-state index contributed by atoms with van der Waals surface area (Å²) in [6, 6.07) is 0. The summed E-state index contributed by atoms with van der Waals surface area (Å²) in [6.45, 7) is -0.0880. The van der Waals surface area contributed by atoms with Gasteiger partial charge in [-0.3, -0.25) is 4.18 Å². The monoisotopic (exact) mass is 191 g/mol. The van der Waals surface area contributed by atoms with E-state index in [0.29, 0.717) is 5.69 Å². The predicted molar refractivity (Wildman–Crippen MR) is 41.1 cm³/mol. The molecule has 0 aliphatic heterocycles. The molecule has 0 bridgehead atoms. The molecular formula is C5H9N3O3S. The minimum Gasteiger partial charge on any atom is -0.336 e. The van der Waals surface area contributed by atoms with Gasteiger partial charge in [-0.25, -0.2) is 10.1 Å². The van der Waals surface area contributed by atoms with Gasteiger partial charge in [-0.1, -0.05) is 0 Å². The Hall–Kier alpha value is -0.920. The van der Waals surface area contributed by atoms with Gasteiger partial charge in [0.05, 0.1) is 18.2 Å². The van der Waals surface area contributed by atoms with Crippen LogP contribution in [0.3, 0.4) is 0 Å². The van der Waals surface area contributed by atoms with Crippen molar-refractivity contribution >= 4 is 10.3 Å². The lowest BCUT2D eigenvalue weighted by atomic mass is 10.5. The van der Waals surface area contributed by atoms with E-state index in [9.17, 15) is 8.42 Å². The van der Waals surface area contributed by atoms with Crippen molar-refractivity contribution in [3.8, 4) is 0 Å². The fraction of sp³-hybridized carbons (Fsp3) is 0.400. The zero-order chi connectivity index (χ0) is 9.19. The topological polar surface area (TPSA) is 87.2 Å². The molecule has 0 radical (unpaired) electrons. The first kappa shape index (κ1) is 9.17. The quantitative estimate of drug-likeness (QED) is 0.673. The lowest BCUT2D eigenvalue weighted by molar-refractivity contribution is 0.300. The standard InChI is InChI=1S/C5H9N3O3S/c1-8-4-7-2-5(8)3-11-12(6,9)10/h2,4H,3H2,1H3,(H2,6,9,10). The smallest absolute Gasteiger partial charge is 0.333 e. The number of aromatic nitrogens is 2. The van der Waals surface area contributed by atoms with Crippen LogP contribution in [0, 0.1) is 0 Å². The van der Waals surface area contributed by atoms with Gasteiger partial charge in [0.1, 0.15) is 6.61 Å². The average molecular weight is 191 g/mol. The lowest BCUT2D eigenvalue weighted by Crippen LogP contribution is -2.16. The fourth-order valence-electron chi connectivity index (χ4n) is 0.666. The normalized spacial score (nSPS) is 11.8. The number of nitrogens with two attached hydrogens (primary N) is 1. The number of hydrogen-bond donors (Lipinski definition) is 1. The van der Waals surface area contributed by atoms with Gasteiger partial charge in [-0.05, 0) is 0 Å². The summed E-state index contributed by atoms with van der Waals surface area (Å²) in [5, 5.41) is 4.62. The Morgan fingerprint density at radius 1 is 1.75 bits per heavy atom. The van der Waals surface area contributed by atoms with Crippen molar-refractivity contribution in [2.75, 3.05) is 0 Å². The van der Waals surface area contributed by atoms with Gasteiger partial charge >= 0.3 is 10.3 Å². The zero-order valence-electron chi connectivity index (χ0n) is 6.47. The van der Waals surface area contributed by atoms with Crippen LogP contribution < -0.4 is 5.14 Å². The van der Waals surface area contributed by atoms with Gasteiger partial charge in [-0.15, -0.1) is 0 Å². The minimum absolute atomic E-state index is 0.0880. The van der Waals surface area contributed by atoms with E-state index in [-0.39, 0.29) is 6.61 Å². The molecular weight excluding hydrogens is 182 g/mol. The highest BCUT2D eigenvalue weighted by molar-refractivity contribution is 7.84. The molecule has 0 amide bonds. The third kappa shape index (κ3) is 2.61. The molecule has 0 spiro atoms. The molecule has 0 aliphatic carbocycles. The van der Waals surface area contributed by atoms with Crippen LogP contribution in [0.15, 0.2) is 12.5 Å². The lowest BCUT2D eigenvalue weighted by Gasteiger charge is -2.00. The molecule has 0 saturated carbocycles. The maximum atomic E-state index is 10.4. The van der Waals surface area contributed by atoms with Gasteiger partial charge < -0.3 is 4.57 Å². The molecule has 0 fully saturated rings. The van der Waals surface area contributed by atoms with Crippen molar-refractivity contribution < 1.29 is 12.6 Å². The Kier molecular flexibility index (Phi) is 2.46. The first-order valence-corrected chi connectivity index (χ1v) is 4.58. The summed E-state index contributed by atoms with van der Waals surface area (Å²) in [7, 11) is -2.13. The SMILES string of the molecule is Cn1cncc1COS(N)(=O)=O. The Bertz CT molecular complexity index is 356. The summed E-state index contributed by atoms with van der Waals surface area (Å²) in [6.07, 6.45) is 3.05. The van der Waals surface area contributed by atoms with Crippen molar-refractivity contribution in [3.63, 3.8) is 0 Å². The molecule has 7 heteroatoms. The van der Waals surface area contributed by atoms with E-state index in [0.717, 1.165) is 0 Å². The van der Waals surface area contributed by atoms with E-state index in [1.165, 1.54) is 6.20 Å². The molecule has 0 aliphatic rings. The van der Waals surface area contributed by atoms with Crippen molar-refractivity contribution in [3.05, 3.63) is 18.2 Å². The summed E-state index contributed by atoms with van der Waals surface area (Å²) < 4.78 is 26.7. The first-order valence-electron chi connectivity index (χ1n) is 3.11. The van der Waals surface area contributed by atoms with Gasteiger partial charge in [0.15, 0.2) is 0 Å². The molecule has 2 N–H and O–H groups in total. The fourth-order valence-corrected chi connectivity index (χ4v) is 0.951. The van der Waals surface area contributed by atoms with Gasteiger partial charge in [0.2, 0.25) is 0 Å². The Labute approximate surface area is 70.2 Å². The number of nitrogens with zero attached hydrogens (tertiary/aromatic N) is 2. The van der Waals surface area contributed by atoms with Crippen molar-refractivity contribution in [2.45, 2.75) is 6.61 Å². The largest absolute Gasteiger partial charge is 0.336 e. The second-order valence-corrected chi connectivity index (χ2v) is 3.47. The zero-order valence-corrected chi connectivity index (χ0v) is 7.28. The summed E-state index contributed by atoms with van der Waals surface area (Å²) in [5.74, 6) is 0. The molecule has 1 aromatic heterocycles. The molecule has 1 rings (SSSR count). The predicted octanol–water partition coefficient (Wildman–Crippen LogP) is -0.860.